The van der Waals surface area contributed by atoms with E-state index in [0.717, 1.165) is 71.8 Å². The van der Waals surface area contributed by atoms with Crippen LogP contribution in [0.2, 0.25) is 0 Å². The van der Waals surface area contributed by atoms with Gasteiger partial charge in [0.15, 0.2) is 4.96 Å². The van der Waals surface area contributed by atoms with E-state index in [2.05, 4.69) is 68.8 Å². The third-order valence-corrected chi connectivity index (χ3v) is 8.67. The first-order valence-corrected chi connectivity index (χ1v) is 13.8. The fraction of sp³-hybridized carbons (Fsp3) is 0.379. The van der Waals surface area contributed by atoms with Crippen LogP contribution in [0.3, 0.4) is 0 Å². The molecule has 4 heterocycles. The van der Waals surface area contributed by atoms with E-state index in [0.29, 0.717) is 18.0 Å². The second-order valence-corrected chi connectivity index (χ2v) is 11.4. The van der Waals surface area contributed by atoms with Crippen molar-refractivity contribution >= 4 is 32.4 Å². The highest BCUT2D eigenvalue weighted by Gasteiger charge is 2.41. The average Bonchev–Trinajstić information content (AvgIpc) is 3.20. The number of fused-ring (bicyclic) bond motifs is 3. The van der Waals surface area contributed by atoms with Crippen LogP contribution < -0.4 is 16.2 Å². The number of thiazole rings is 1. The van der Waals surface area contributed by atoms with Gasteiger partial charge >= 0.3 is 0 Å². The van der Waals surface area contributed by atoms with Gasteiger partial charge in [-0.25, -0.2) is 15.8 Å². The Kier molecular flexibility index (Phi) is 6.47. The van der Waals surface area contributed by atoms with Gasteiger partial charge in [-0.3, -0.25) is 9.20 Å². The highest BCUT2D eigenvalue weighted by molar-refractivity contribution is 7.23. The number of hydrazine groups is 1. The van der Waals surface area contributed by atoms with Crippen molar-refractivity contribution in [1.29, 1.82) is 0 Å². The molecule has 1 atom stereocenters. The molecule has 4 aromatic rings. The molecule has 190 valence electrons. The minimum absolute atomic E-state index is 0.00801. The van der Waals surface area contributed by atoms with Crippen LogP contribution >= 0.6 is 11.3 Å². The van der Waals surface area contributed by atoms with E-state index in [9.17, 15) is 4.79 Å². The number of rotatable bonds is 9. The molecule has 2 aliphatic heterocycles. The standard InChI is InChI=1S/C29H32N6OS/c1-3-4-12-29(32-33-29)13-15-34-14-11-21(18-34)17-30-27(36)23-9-10-25-26(16-23)37-28-31-24(19-35(25)28)22-7-5-20(2)6-8-22/h1,5-10,16,19,21,32-33H,4,11-15,17-18H2,2H3,(H,30,36)/t21-/m1/s1. The molecule has 0 spiro atoms. The van der Waals surface area contributed by atoms with Gasteiger partial charge in [-0.2, -0.15) is 0 Å². The molecule has 2 aromatic carbocycles. The van der Waals surface area contributed by atoms with Crippen LogP contribution in [0.1, 0.15) is 41.6 Å². The van der Waals surface area contributed by atoms with Crippen molar-refractivity contribution in [2.45, 2.75) is 38.3 Å². The topological polar surface area (TPSA) is 93.5 Å². The molecular formula is C29H32N6OS. The zero-order valence-electron chi connectivity index (χ0n) is 21.1. The van der Waals surface area contributed by atoms with Crippen molar-refractivity contribution in [3.05, 3.63) is 59.8 Å². The number of benzene rings is 2. The summed E-state index contributed by atoms with van der Waals surface area (Å²) in [6.07, 6.45) is 11.4. The number of hydrogen-bond donors (Lipinski definition) is 3. The predicted octanol–water partition coefficient (Wildman–Crippen LogP) is 4.18. The van der Waals surface area contributed by atoms with Crippen LogP contribution in [0, 0.1) is 25.2 Å². The minimum atomic E-state index is -0.00801. The summed E-state index contributed by atoms with van der Waals surface area (Å²) in [6, 6.07) is 14.4. The molecule has 0 saturated carbocycles. The Morgan fingerprint density at radius 2 is 2.08 bits per heavy atom. The Balaban J connectivity index is 1.04. The second kappa shape index (κ2) is 9.92. The van der Waals surface area contributed by atoms with E-state index >= 15 is 0 Å². The number of amides is 1. The van der Waals surface area contributed by atoms with E-state index in [-0.39, 0.29) is 11.6 Å². The molecule has 0 bridgehead atoms. The molecular weight excluding hydrogens is 480 g/mol. The van der Waals surface area contributed by atoms with E-state index in [1.54, 1.807) is 11.3 Å². The van der Waals surface area contributed by atoms with Crippen LogP contribution in [0.25, 0.3) is 26.4 Å². The van der Waals surface area contributed by atoms with Crippen molar-refractivity contribution in [3.8, 4) is 23.6 Å². The molecule has 0 unspecified atom stereocenters. The van der Waals surface area contributed by atoms with E-state index in [4.69, 9.17) is 11.4 Å². The third-order valence-electron chi connectivity index (χ3n) is 7.65. The summed E-state index contributed by atoms with van der Waals surface area (Å²) in [7, 11) is 0. The molecule has 2 fully saturated rings. The highest BCUT2D eigenvalue weighted by atomic mass is 32.1. The molecule has 2 aromatic heterocycles. The Morgan fingerprint density at radius 3 is 2.86 bits per heavy atom. The lowest BCUT2D eigenvalue weighted by atomic mass is 10.1. The zero-order chi connectivity index (χ0) is 25.4. The average molecular weight is 513 g/mol. The summed E-state index contributed by atoms with van der Waals surface area (Å²) in [4.78, 5) is 21.2. The lowest BCUT2D eigenvalue weighted by molar-refractivity contribution is 0.0947. The van der Waals surface area contributed by atoms with E-state index < -0.39 is 0 Å². The van der Waals surface area contributed by atoms with Crippen LogP contribution in [0.5, 0.6) is 0 Å². The monoisotopic (exact) mass is 512 g/mol. The first-order chi connectivity index (χ1) is 18.0. The van der Waals surface area contributed by atoms with Crippen LogP contribution in [0.4, 0.5) is 0 Å². The quantitative estimate of drug-likeness (QED) is 0.231. The number of terminal acetylenes is 1. The number of imidazole rings is 1. The summed E-state index contributed by atoms with van der Waals surface area (Å²) in [5.74, 6) is 3.20. The molecule has 7 nitrogen and oxygen atoms in total. The third kappa shape index (κ3) is 5.13. The van der Waals surface area contributed by atoms with Gasteiger partial charge in [0.05, 0.1) is 21.6 Å². The SMILES string of the molecule is C#CCCC1(CCN2CC[C@H](CNC(=O)c3ccc4c(c3)sc3nc(-c5ccc(C)cc5)cn34)C2)NN1. The van der Waals surface area contributed by atoms with Crippen molar-refractivity contribution in [2.75, 3.05) is 26.2 Å². The Bertz CT molecular complexity index is 1480. The largest absolute Gasteiger partial charge is 0.352 e. The molecule has 6 rings (SSSR count). The lowest BCUT2D eigenvalue weighted by Crippen LogP contribution is -2.32. The molecule has 37 heavy (non-hydrogen) atoms. The summed E-state index contributed by atoms with van der Waals surface area (Å²) in [5, 5.41) is 3.17. The van der Waals surface area contributed by atoms with Gasteiger partial charge in [0.25, 0.3) is 5.91 Å². The number of carbonyl (C=O) groups excluding carboxylic acids is 1. The molecule has 2 aliphatic rings. The van der Waals surface area contributed by atoms with Crippen molar-refractivity contribution in [3.63, 3.8) is 0 Å². The molecule has 1 amide bonds. The Morgan fingerprint density at radius 1 is 1.24 bits per heavy atom. The smallest absolute Gasteiger partial charge is 0.251 e. The minimum Gasteiger partial charge on any atom is -0.352 e. The second-order valence-electron chi connectivity index (χ2n) is 10.4. The highest BCUT2D eigenvalue weighted by Crippen LogP contribution is 2.30. The summed E-state index contributed by atoms with van der Waals surface area (Å²) >= 11 is 1.62. The van der Waals surface area contributed by atoms with Crippen LogP contribution in [0.15, 0.2) is 48.7 Å². The van der Waals surface area contributed by atoms with Crippen LogP contribution in [-0.2, 0) is 0 Å². The Hall–Kier alpha value is -3.22. The van der Waals surface area contributed by atoms with Gasteiger partial charge in [0.1, 0.15) is 0 Å². The van der Waals surface area contributed by atoms with Crippen LogP contribution in [-0.4, -0.2) is 52.0 Å². The van der Waals surface area contributed by atoms with Crippen molar-refractivity contribution in [2.24, 2.45) is 5.92 Å². The maximum absolute atomic E-state index is 12.9. The number of nitrogens with zero attached hydrogens (tertiary/aromatic N) is 3. The number of aromatic nitrogens is 2. The summed E-state index contributed by atoms with van der Waals surface area (Å²) in [6.45, 7) is 5.94. The molecule has 8 heteroatoms. The molecule has 3 N–H and O–H groups in total. The fourth-order valence-electron chi connectivity index (χ4n) is 5.23. The maximum Gasteiger partial charge on any atom is 0.251 e. The zero-order valence-corrected chi connectivity index (χ0v) is 21.9. The first kappa shape index (κ1) is 24.1. The normalized spacial score (nSPS) is 18.9. The van der Waals surface area contributed by atoms with Gasteiger partial charge in [-0.05, 0) is 56.8 Å². The number of hydrogen-bond acceptors (Lipinski definition) is 6. The summed E-state index contributed by atoms with van der Waals surface area (Å²) < 4.78 is 3.19. The van der Waals surface area contributed by atoms with Crippen molar-refractivity contribution < 1.29 is 4.79 Å². The maximum atomic E-state index is 12.9. The molecule has 0 radical (unpaired) electrons. The fourth-order valence-corrected chi connectivity index (χ4v) is 6.27. The van der Waals surface area contributed by atoms with E-state index in [1.165, 1.54) is 5.56 Å². The van der Waals surface area contributed by atoms with Gasteiger partial charge in [0.2, 0.25) is 0 Å². The number of aryl methyl sites for hydroxylation is 1. The number of likely N-dealkylation sites (tertiary alicyclic amines) is 1. The predicted molar refractivity (Wildman–Crippen MR) is 149 cm³/mol. The van der Waals surface area contributed by atoms with Gasteiger partial charge < -0.3 is 10.2 Å². The lowest BCUT2D eigenvalue weighted by Gasteiger charge is -2.19. The number of nitrogens with one attached hydrogen (secondary N) is 3. The van der Waals surface area contributed by atoms with Gasteiger partial charge in [0, 0.05) is 43.4 Å². The molecule has 2 saturated heterocycles. The first-order valence-electron chi connectivity index (χ1n) is 13.0. The van der Waals surface area contributed by atoms with Crippen molar-refractivity contribution in [1.82, 2.24) is 30.5 Å². The van der Waals surface area contributed by atoms with Gasteiger partial charge in [-0.1, -0.05) is 41.2 Å². The summed E-state index contributed by atoms with van der Waals surface area (Å²) in [5.41, 5.74) is 11.7. The molecule has 0 aliphatic carbocycles. The number of carbonyl (C=O) groups is 1. The Labute approximate surface area is 221 Å². The van der Waals surface area contributed by atoms with E-state index in [1.807, 2.05) is 18.2 Å². The van der Waals surface area contributed by atoms with Gasteiger partial charge in [-0.15, -0.1) is 12.3 Å².